The van der Waals surface area contributed by atoms with Crippen LogP contribution in [0.15, 0.2) is 35.7 Å². The van der Waals surface area contributed by atoms with Gasteiger partial charge in [0.25, 0.3) is 0 Å². The fourth-order valence-electron chi connectivity index (χ4n) is 2.54. The fraction of sp³-hybridized carbons (Fsp3) is 0.294. The van der Waals surface area contributed by atoms with E-state index in [9.17, 15) is 9.18 Å². The van der Waals surface area contributed by atoms with E-state index in [1.165, 1.54) is 18.2 Å². The lowest BCUT2D eigenvalue weighted by atomic mass is 10.1. The SMILES string of the molecule is N#Cc1ccc(F)c(CNC(=O)N2CCO[C@H](c3cccs3)C2)c1. The summed E-state index contributed by atoms with van der Waals surface area (Å²) in [6, 6.07) is 9.73. The average Bonchev–Trinajstić information content (AvgIpc) is 3.15. The molecule has 1 aromatic carbocycles. The molecule has 24 heavy (non-hydrogen) atoms. The number of ether oxygens (including phenoxy) is 1. The normalized spacial score (nSPS) is 17.3. The largest absolute Gasteiger partial charge is 0.369 e. The third kappa shape index (κ3) is 3.72. The molecule has 1 aliphatic heterocycles. The van der Waals surface area contributed by atoms with Gasteiger partial charge in [-0.05, 0) is 29.6 Å². The third-order valence-corrected chi connectivity index (χ3v) is 4.78. The molecule has 1 saturated heterocycles. The van der Waals surface area contributed by atoms with Crippen molar-refractivity contribution >= 4 is 17.4 Å². The number of hydrogen-bond donors (Lipinski definition) is 1. The molecule has 0 unspecified atom stereocenters. The van der Waals surface area contributed by atoms with Gasteiger partial charge in [-0.1, -0.05) is 6.07 Å². The third-order valence-electron chi connectivity index (χ3n) is 3.82. The zero-order valence-corrected chi connectivity index (χ0v) is 13.7. The van der Waals surface area contributed by atoms with E-state index in [1.807, 2.05) is 23.6 Å². The Morgan fingerprint density at radius 3 is 3.12 bits per heavy atom. The average molecular weight is 345 g/mol. The molecule has 2 amide bonds. The smallest absolute Gasteiger partial charge is 0.317 e. The number of carbonyl (C=O) groups excluding carboxylic acids is 1. The Morgan fingerprint density at radius 2 is 2.38 bits per heavy atom. The van der Waals surface area contributed by atoms with Crippen LogP contribution in [-0.4, -0.2) is 30.6 Å². The summed E-state index contributed by atoms with van der Waals surface area (Å²) < 4.78 is 19.5. The molecule has 2 aromatic rings. The molecule has 2 heterocycles. The van der Waals surface area contributed by atoms with Crippen LogP contribution in [0.25, 0.3) is 0 Å². The van der Waals surface area contributed by atoms with Gasteiger partial charge in [0.1, 0.15) is 11.9 Å². The number of hydrogen-bond acceptors (Lipinski definition) is 4. The number of nitrogens with zero attached hydrogens (tertiary/aromatic N) is 2. The zero-order chi connectivity index (χ0) is 16.9. The molecule has 1 N–H and O–H groups in total. The van der Waals surface area contributed by atoms with E-state index in [1.54, 1.807) is 16.2 Å². The summed E-state index contributed by atoms with van der Waals surface area (Å²) in [5, 5.41) is 13.6. The van der Waals surface area contributed by atoms with Gasteiger partial charge in [-0.15, -0.1) is 11.3 Å². The van der Waals surface area contributed by atoms with Crippen molar-refractivity contribution in [3.05, 3.63) is 57.5 Å². The monoisotopic (exact) mass is 345 g/mol. The van der Waals surface area contributed by atoms with Crippen LogP contribution in [-0.2, 0) is 11.3 Å². The topological polar surface area (TPSA) is 65.4 Å². The predicted molar refractivity (Wildman–Crippen MR) is 87.9 cm³/mol. The van der Waals surface area contributed by atoms with Crippen molar-refractivity contribution in [3.63, 3.8) is 0 Å². The highest BCUT2D eigenvalue weighted by molar-refractivity contribution is 7.10. The first-order valence-electron chi connectivity index (χ1n) is 7.53. The van der Waals surface area contributed by atoms with Gasteiger partial charge in [0.15, 0.2) is 0 Å². The van der Waals surface area contributed by atoms with Crippen molar-refractivity contribution in [2.24, 2.45) is 0 Å². The molecule has 124 valence electrons. The highest BCUT2D eigenvalue weighted by atomic mass is 32.1. The summed E-state index contributed by atoms with van der Waals surface area (Å²) in [5.41, 5.74) is 0.662. The molecule has 7 heteroatoms. The van der Waals surface area contributed by atoms with Gasteiger partial charge >= 0.3 is 6.03 Å². The molecule has 0 aliphatic carbocycles. The van der Waals surface area contributed by atoms with E-state index >= 15 is 0 Å². The number of nitrogens with one attached hydrogen (secondary N) is 1. The second-order valence-electron chi connectivity index (χ2n) is 5.40. The van der Waals surface area contributed by atoms with Gasteiger partial charge in [0, 0.05) is 23.5 Å². The van der Waals surface area contributed by atoms with Crippen LogP contribution in [0, 0.1) is 17.1 Å². The van der Waals surface area contributed by atoms with E-state index < -0.39 is 5.82 Å². The second-order valence-corrected chi connectivity index (χ2v) is 6.38. The Balaban J connectivity index is 1.60. The minimum Gasteiger partial charge on any atom is -0.369 e. The van der Waals surface area contributed by atoms with Gasteiger partial charge < -0.3 is 15.0 Å². The quantitative estimate of drug-likeness (QED) is 0.930. The van der Waals surface area contributed by atoms with E-state index in [0.29, 0.717) is 30.8 Å². The molecule has 0 saturated carbocycles. The van der Waals surface area contributed by atoms with Crippen LogP contribution in [0.3, 0.4) is 0 Å². The zero-order valence-electron chi connectivity index (χ0n) is 12.9. The second kappa shape index (κ2) is 7.43. The number of thiophene rings is 1. The van der Waals surface area contributed by atoms with E-state index in [4.69, 9.17) is 10.00 Å². The van der Waals surface area contributed by atoms with Crippen molar-refractivity contribution in [3.8, 4) is 6.07 Å². The van der Waals surface area contributed by atoms with Gasteiger partial charge in [-0.25, -0.2) is 9.18 Å². The minimum atomic E-state index is -0.437. The summed E-state index contributed by atoms with van der Waals surface area (Å²) in [6.07, 6.45) is -0.122. The number of carbonyl (C=O) groups is 1. The molecule has 0 spiro atoms. The number of benzene rings is 1. The number of amides is 2. The van der Waals surface area contributed by atoms with Gasteiger partial charge in [-0.3, -0.25) is 0 Å². The summed E-state index contributed by atoms with van der Waals surface area (Å²) in [7, 11) is 0. The lowest BCUT2D eigenvalue weighted by Gasteiger charge is -2.32. The van der Waals surface area contributed by atoms with Gasteiger partial charge in [-0.2, -0.15) is 5.26 Å². The summed E-state index contributed by atoms with van der Waals surface area (Å²) in [5.74, 6) is -0.437. The molecule has 1 aliphatic rings. The predicted octanol–water partition coefficient (Wildman–Crippen LogP) is 3.04. The lowest BCUT2D eigenvalue weighted by Crippen LogP contribution is -2.46. The van der Waals surface area contributed by atoms with E-state index in [2.05, 4.69) is 5.32 Å². The highest BCUT2D eigenvalue weighted by Gasteiger charge is 2.25. The van der Waals surface area contributed by atoms with Crippen molar-refractivity contribution in [2.45, 2.75) is 12.6 Å². The molecular weight excluding hydrogens is 329 g/mol. The maximum Gasteiger partial charge on any atom is 0.317 e. The van der Waals surface area contributed by atoms with Crippen LogP contribution in [0.1, 0.15) is 22.1 Å². The Hall–Kier alpha value is -2.43. The number of nitriles is 1. The van der Waals surface area contributed by atoms with Crippen molar-refractivity contribution in [1.29, 1.82) is 5.26 Å². The molecule has 0 bridgehead atoms. The molecule has 1 fully saturated rings. The van der Waals surface area contributed by atoms with Gasteiger partial charge in [0.05, 0.1) is 24.8 Å². The van der Waals surface area contributed by atoms with Crippen molar-refractivity contribution in [2.75, 3.05) is 19.7 Å². The van der Waals surface area contributed by atoms with Crippen molar-refractivity contribution in [1.82, 2.24) is 10.2 Å². The standard InChI is InChI=1S/C17H16FN3O2S/c18-14-4-3-12(9-19)8-13(14)10-20-17(22)21-5-6-23-15(11-21)16-2-1-7-24-16/h1-4,7-8,15H,5-6,10-11H2,(H,20,22)/t15-/m0/s1. The Kier molecular flexibility index (Phi) is 5.08. The van der Waals surface area contributed by atoms with E-state index in [-0.39, 0.29) is 18.7 Å². The number of urea groups is 1. The maximum atomic E-state index is 13.8. The van der Waals surface area contributed by atoms with Crippen LogP contribution in [0.2, 0.25) is 0 Å². The van der Waals surface area contributed by atoms with Crippen LogP contribution >= 0.6 is 11.3 Å². The van der Waals surface area contributed by atoms with Gasteiger partial charge in [0.2, 0.25) is 0 Å². The molecule has 3 rings (SSSR count). The Morgan fingerprint density at radius 1 is 1.50 bits per heavy atom. The first-order valence-corrected chi connectivity index (χ1v) is 8.41. The Bertz CT molecular complexity index is 758. The summed E-state index contributed by atoms with van der Waals surface area (Å²) in [6.45, 7) is 1.47. The van der Waals surface area contributed by atoms with Crippen molar-refractivity contribution < 1.29 is 13.9 Å². The molecule has 5 nitrogen and oxygen atoms in total. The lowest BCUT2D eigenvalue weighted by molar-refractivity contribution is -0.0136. The number of rotatable bonds is 3. The molecular formula is C17H16FN3O2S. The number of morpholine rings is 1. The van der Waals surface area contributed by atoms with Crippen LogP contribution in [0.5, 0.6) is 0 Å². The first kappa shape index (κ1) is 16.4. The number of halogens is 1. The van der Waals surface area contributed by atoms with Crippen LogP contribution < -0.4 is 5.32 Å². The fourth-order valence-corrected chi connectivity index (χ4v) is 3.31. The first-order chi connectivity index (χ1) is 11.7. The van der Waals surface area contributed by atoms with E-state index in [0.717, 1.165) is 4.88 Å². The summed E-state index contributed by atoms with van der Waals surface area (Å²) >= 11 is 1.60. The highest BCUT2D eigenvalue weighted by Crippen LogP contribution is 2.26. The maximum absolute atomic E-state index is 13.8. The molecule has 1 atom stereocenters. The Labute approximate surface area is 143 Å². The molecule has 1 aromatic heterocycles. The summed E-state index contributed by atoms with van der Waals surface area (Å²) in [4.78, 5) is 15.1. The minimum absolute atomic E-state index is 0.0429. The van der Waals surface area contributed by atoms with Crippen LogP contribution in [0.4, 0.5) is 9.18 Å². The molecule has 0 radical (unpaired) electrons.